The highest BCUT2D eigenvalue weighted by molar-refractivity contribution is 5.90. The number of hydrogen-bond acceptors (Lipinski definition) is 15. The van der Waals surface area contributed by atoms with Crippen LogP contribution >= 0.6 is 0 Å². The molecule has 0 amide bonds. The first-order valence-electron chi connectivity index (χ1n) is 19.9. The molecule has 5 aliphatic carbocycles. The molecule has 15 heteroatoms. The van der Waals surface area contributed by atoms with E-state index in [0.717, 1.165) is 0 Å². The molecule has 1 saturated heterocycles. The van der Waals surface area contributed by atoms with Gasteiger partial charge in [-0.15, -0.1) is 0 Å². The van der Waals surface area contributed by atoms with Crippen molar-refractivity contribution in [3.63, 3.8) is 0 Å². The van der Waals surface area contributed by atoms with Crippen LogP contribution in [0.4, 0.5) is 0 Å². The summed E-state index contributed by atoms with van der Waals surface area (Å²) in [4.78, 5) is 44.1. The van der Waals surface area contributed by atoms with E-state index >= 15 is 0 Å². The Bertz CT molecular complexity index is 1890. The summed E-state index contributed by atoms with van der Waals surface area (Å²) in [7, 11) is 9.30. The Labute approximate surface area is 338 Å². The molecule has 7 bridgehead atoms. The Morgan fingerprint density at radius 1 is 0.793 bits per heavy atom. The number of rotatable bonds is 13. The van der Waals surface area contributed by atoms with Gasteiger partial charge in [-0.2, -0.15) is 0 Å². The van der Waals surface area contributed by atoms with Gasteiger partial charge in [0.15, 0.2) is 5.60 Å². The van der Waals surface area contributed by atoms with Crippen molar-refractivity contribution in [1.82, 2.24) is 4.90 Å². The van der Waals surface area contributed by atoms with Gasteiger partial charge in [-0.3, -0.25) is 9.69 Å². The quantitative estimate of drug-likeness (QED) is 0.223. The molecule has 1 spiro atoms. The fourth-order valence-corrected chi connectivity index (χ4v) is 13.5. The van der Waals surface area contributed by atoms with Gasteiger partial charge >= 0.3 is 17.9 Å². The molecule has 2 aromatic rings. The van der Waals surface area contributed by atoms with Crippen LogP contribution in [0.25, 0.3) is 0 Å². The Morgan fingerprint density at radius 2 is 1.40 bits per heavy atom. The van der Waals surface area contributed by atoms with Gasteiger partial charge in [0.2, 0.25) is 0 Å². The molecule has 2 aromatic carbocycles. The van der Waals surface area contributed by atoms with Crippen molar-refractivity contribution in [1.29, 1.82) is 0 Å². The van der Waals surface area contributed by atoms with E-state index in [1.807, 2.05) is 6.92 Å². The SMILES string of the molecule is CCN1C[C@]2(COC)C(OC(=O)c3ccc(OC)cc3)C[C@H](OC)[C@@]34[C@@H]5C[C@]6(O)[C@H](OC(=O)c7ccc(OC)cc7)[C@@H]5[C@@](OC(C)=O)([C@@H]([C@H](OC)[C@H]23)[C@@H]14)[C@@H](O)[C@@H]6OC. The number of nitrogens with zero attached hydrogens (tertiary/aromatic N) is 1. The molecule has 8 rings (SSSR count). The number of ether oxygens (including phenoxy) is 9. The monoisotopic (exact) mass is 809 g/mol. The number of carbonyl (C=O) groups is 3. The third kappa shape index (κ3) is 5.26. The Kier molecular flexibility index (Phi) is 10.4. The fraction of sp³-hybridized carbons (Fsp3) is 0.651. The maximum atomic E-state index is 14.1. The van der Waals surface area contributed by atoms with Crippen LogP contribution in [-0.4, -0.2) is 149 Å². The van der Waals surface area contributed by atoms with E-state index in [4.69, 9.17) is 42.6 Å². The Balaban J connectivity index is 1.34. The van der Waals surface area contributed by atoms with E-state index in [1.54, 1.807) is 77.0 Å². The van der Waals surface area contributed by atoms with Crippen molar-refractivity contribution in [2.75, 3.05) is 62.4 Å². The van der Waals surface area contributed by atoms with Crippen LogP contribution in [0, 0.1) is 34.5 Å². The van der Waals surface area contributed by atoms with Crippen LogP contribution in [-0.2, 0) is 38.0 Å². The Hall–Kier alpha value is -3.83. The van der Waals surface area contributed by atoms with Crippen molar-refractivity contribution in [3.05, 3.63) is 59.7 Å². The van der Waals surface area contributed by atoms with Gasteiger partial charge in [-0.05, 0) is 67.4 Å². The van der Waals surface area contributed by atoms with Gasteiger partial charge in [0.05, 0.1) is 44.2 Å². The van der Waals surface area contributed by atoms with E-state index in [1.165, 1.54) is 21.1 Å². The van der Waals surface area contributed by atoms with Crippen LogP contribution in [0.3, 0.4) is 0 Å². The standard InChI is InChI=1S/C43H55NO14/c1-9-44-20-40(21-50-3)28(56-38(47)23-10-14-25(51-4)15-11-23)18-29(53-6)42-27-19-41(49)36(57-39(48)24-12-16-26(52-5)17-13-24)30(27)43(58-22(2)45,35(46)37(41)55-8)31(34(42)44)32(54-7)33(40)42/h10-17,27-37,46,49H,9,18-21H2,1-8H3/t27-,28?,29+,30-,31+,32+,33-,34-,35+,36-,37+,40+,41+,42+,43-/m1/s1. The summed E-state index contributed by atoms with van der Waals surface area (Å²) in [6.45, 7) is 4.42. The number of hydrogen-bond donors (Lipinski definition) is 2. The minimum atomic E-state index is -1.93. The normalized spacial score (nSPS) is 41.7. The molecule has 6 aliphatic rings. The average molecular weight is 810 g/mol. The molecule has 5 saturated carbocycles. The zero-order valence-electron chi connectivity index (χ0n) is 34.2. The van der Waals surface area contributed by atoms with Crippen LogP contribution in [0.2, 0.25) is 0 Å². The average Bonchev–Trinajstić information content (AvgIpc) is 3.60. The topological polar surface area (TPSA) is 178 Å². The molecule has 0 aromatic heterocycles. The second kappa shape index (κ2) is 14.7. The molecule has 1 heterocycles. The number of esters is 3. The third-order valence-corrected chi connectivity index (χ3v) is 15.0. The second-order valence-corrected chi connectivity index (χ2v) is 16.9. The van der Waals surface area contributed by atoms with E-state index in [9.17, 15) is 24.6 Å². The maximum absolute atomic E-state index is 14.1. The lowest BCUT2D eigenvalue weighted by Gasteiger charge is -2.70. The van der Waals surface area contributed by atoms with Crippen molar-refractivity contribution in [2.24, 2.45) is 34.5 Å². The van der Waals surface area contributed by atoms with Gasteiger partial charge in [-0.25, -0.2) is 9.59 Å². The van der Waals surface area contributed by atoms with Gasteiger partial charge < -0.3 is 52.8 Å². The maximum Gasteiger partial charge on any atom is 0.338 e. The summed E-state index contributed by atoms with van der Waals surface area (Å²) in [5, 5.41) is 25.9. The molecule has 0 radical (unpaired) electrons. The second-order valence-electron chi connectivity index (χ2n) is 16.9. The van der Waals surface area contributed by atoms with Crippen molar-refractivity contribution >= 4 is 17.9 Å². The molecule has 15 atom stereocenters. The number of likely N-dealkylation sites (tertiary alicyclic amines) is 1. The first-order valence-corrected chi connectivity index (χ1v) is 19.9. The fourth-order valence-electron chi connectivity index (χ4n) is 13.5. The molecule has 15 nitrogen and oxygen atoms in total. The van der Waals surface area contributed by atoms with Gasteiger partial charge in [0.1, 0.15) is 41.5 Å². The zero-order valence-corrected chi connectivity index (χ0v) is 34.2. The van der Waals surface area contributed by atoms with Crippen LogP contribution < -0.4 is 9.47 Å². The lowest BCUT2D eigenvalue weighted by Crippen LogP contribution is -2.81. The highest BCUT2D eigenvalue weighted by Crippen LogP contribution is 2.81. The van der Waals surface area contributed by atoms with Crippen LogP contribution in [0.5, 0.6) is 11.5 Å². The third-order valence-electron chi connectivity index (χ3n) is 15.0. The largest absolute Gasteiger partial charge is 0.497 e. The predicted molar refractivity (Wildman–Crippen MR) is 203 cm³/mol. The highest BCUT2D eigenvalue weighted by atomic mass is 16.6. The van der Waals surface area contributed by atoms with E-state index < -0.39 is 106 Å². The van der Waals surface area contributed by atoms with Crippen LogP contribution in [0.1, 0.15) is 47.4 Å². The first kappa shape index (κ1) is 40.9. The number of aliphatic hydroxyl groups excluding tert-OH is 1. The van der Waals surface area contributed by atoms with E-state index in [0.29, 0.717) is 30.2 Å². The predicted octanol–water partition coefficient (Wildman–Crippen LogP) is 2.53. The van der Waals surface area contributed by atoms with Gasteiger partial charge in [0, 0.05) is 83.0 Å². The molecule has 1 unspecified atom stereocenters. The van der Waals surface area contributed by atoms with Crippen molar-refractivity contribution < 1.29 is 67.2 Å². The summed E-state index contributed by atoms with van der Waals surface area (Å²) in [6, 6.07) is 12.7. The number of aliphatic hydroxyl groups is 2. The van der Waals surface area contributed by atoms with Crippen molar-refractivity contribution in [2.45, 2.75) is 80.6 Å². The molecular formula is C43H55NO14. The summed E-state index contributed by atoms with van der Waals surface area (Å²) >= 11 is 0. The zero-order chi connectivity index (χ0) is 41.5. The molecule has 316 valence electrons. The number of carbonyl (C=O) groups excluding carboxylic acids is 3. The van der Waals surface area contributed by atoms with Crippen LogP contribution in [0.15, 0.2) is 48.5 Å². The van der Waals surface area contributed by atoms with E-state index in [-0.39, 0.29) is 25.0 Å². The number of fused-ring (bicyclic) bond motifs is 2. The molecule has 2 N–H and O–H groups in total. The molecule has 58 heavy (non-hydrogen) atoms. The van der Waals surface area contributed by atoms with Crippen molar-refractivity contribution in [3.8, 4) is 11.5 Å². The first-order chi connectivity index (χ1) is 27.8. The summed E-state index contributed by atoms with van der Waals surface area (Å²) < 4.78 is 55.6. The van der Waals surface area contributed by atoms with Gasteiger partial charge in [0.25, 0.3) is 0 Å². The minimum absolute atomic E-state index is 0.00371. The number of methoxy groups -OCH3 is 6. The number of piperidine rings is 1. The van der Waals surface area contributed by atoms with E-state index in [2.05, 4.69) is 4.90 Å². The minimum Gasteiger partial charge on any atom is -0.497 e. The summed E-state index contributed by atoms with van der Waals surface area (Å²) in [5.41, 5.74) is -4.98. The summed E-state index contributed by atoms with van der Waals surface area (Å²) in [6.07, 6.45) is -6.04. The van der Waals surface area contributed by atoms with Gasteiger partial charge in [-0.1, -0.05) is 6.92 Å². The lowest BCUT2D eigenvalue weighted by molar-refractivity contribution is -0.322. The lowest BCUT2D eigenvalue weighted by atomic mass is 9.42. The summed E-state index contributed by atoms with van der Waals surface area (Å²) in [5.74, 6) is -3.57. The highest BCUT2D eigenvalue weighted by Gasteiger charge is 2.92. The smallest absolute Gasteiger partial charge is 0.338 e. The molecule has 6 fully saturated rings. The Morgan fingerprint density at radius 3 is 1.90 bits per heavy atom. The number of benzene rings is 2. The molecular weight excluding hydrogens is 754 g/mol. The molecule has 1 aliphatic heterocycles.